The van der Waals surface area contributed by atoms with Crippen LogP contribution in [0.25, 0.3) is 0 Å². The Labute approximate surface area is 119 Å². The fraction of sp³-hybridized carbons (Fsp3) is 0.647. The molecule has 0 heterocycles. The molecule has 0 bridgehead atoms. The van der Waals surface area contributed by atoms with Crippen molar-refractivity contribution in [1.82, 2.24) is 4.90 Å². The van der Waals surface area contributed by atoms with E-state index in [0.29, 0.717) is 6.04 Å². The Balaban J connectivity index is 3.01. The molecule has 0 spiro atoms. The third kappa shape index (κ3) is 4.96. The fourth-order valence-corrected chi connectivity index (χ4v) is 2.75. The lowest BCUT2D eigenvalue weighted by atomic mass is 9.91. The second-order valence-corrected chi connectivity index (χ2v) is 6.91. The molecule has 0 aliphatic rings. The zero-order valence-electron chi connectivity index (χ0n) is 13.4. The first-order chi connectivity index (χ1) is 8.74. The Kier molecular flexibility index (Phi) is 5.57. The third-order valence-corrected chi connectivity index (χ3v) is 3.46. The van der Waals surface area contributed by atoms with Gasteiger partial charge >= 0.3 is 0 Å². The number of nitrogens with zero attached hydrogens (tertiary/aromatic N) is 1. The van der Waals surface area contributed by atoms with Crippen LogP contribution in [0.4, 0.5) is 0 Å². The first kappa shape index (κ1) is 16.2. The summed E-state index contributed by atoms with van der Waals surface area (Å²) >= 11 is 0. The quantitative estimate of drug-likeness (QED) is 0.875. The van der Waals surface area contributed by atoms with E-state index in [4.69, 9.17) is 5.73 Å². The number of rotatable bonds is 5. The van der Waals surface area contributed by atoms with Gasteiger partial charge in [0.25, 0.3) is 0 Å². The first-order valence-electron chi connectivity index (χ1n) is 7.27. The Morgan fingerprint density at radius 2 is 1.89 bits per heavy atom. The van der Waals surface area contributed by atoms with Gasteiger partial charge in [-0.3, -0.25) is 4.90 Å². The molecule has 0 saturated carbocycles. The maximum Gasteiger partial charge on any atom is 0.0496 e. The predicted molar refractivity (Wildman–Crippen MR) is 84.3 cm³/mol. The SMILES string of the molecule is CCC(N)C(c1cccc(C)c1)N(C)CC(C)(C)C. The minimum absolute atomic E-state index is 0.175. The lowest BCUT2D eigenvalue weighted by Gasteiger charge is -2.36. The van der Waals surface area contributed by atoms with Gasteiger partial charge in [0.1, 0.15) is 0 Å². The largest absolute Gasteiger partial charge is 0.326 e. The minimum atomic E-state index is 0.175. The predicted octanol–water partition coefficient (Wildman–Crippen LogP) is 3.75. The maximum absolute atomic E-state index is 6.38. The summed E-state index contributed by atoms with van der Waals surface area (Å²) in [6, 6.07) is 9.21. The molecule has 0 aliphatic carbocycles. The molecular weight excluding hydrogens is 232 g/mol. The van der Waals surface area contributed by atoms with Gasteiger partial charge in [0.05, 0.1) is 0 Å². The second-order valence-electron chi connectivity index (χ2n) is 6.91. The van der Waals surface area contributed by atoms with Crippen LogP contribution in [-0.2, 0) is 0 Å². The lowest BCUT2D eigenvalue weighted by molar-refractivity contribution is 0.151. The van der Waals surface area contributed by atoms with Crippen molar-refractivity contribution in [2.24, 2.45) is 11.1 Å². The van der Waals surface area contributed by atoms with Gasteiger partial charge in [0.2, 0.25) is 0 Å². The lowest BCUT2D eigenvalue weighted by Crippen LogP contribution is -2.42. The molecule has 0 amide bonds. The molecule has 1 aromatic carbocycles. The molecule has 2 heteroatoms. The highest BCUT2D eigenvalue weighted by Gasteiger charge is 2.26. The molecule has 0 aromatic heterocycles. The van der Waals surface area contributed by atoms with Crippen LogP contribution in [0.15, 0.2) is 24.3 Å². The molecule has 1 rings (SSSR count). The van der Waals surface area contributed by atoms with Crippen molar-refractivity contribution >= 4 is 0 Å². The zero-order valence-corrected chi connectivity index (χ0v) is 13.4. The Bertz CT molecular complexity index is 392. The van der Waals surface area contributed by atoms with Gasteiger partial charge in [-0.15, -0.1) is 0 Å². The standard InChI is InChI=1S/C17H30N2/c1-7-15(18)16(19(6)12-17(3,4)5)14-10-8-9-13(2)11-14/h8-11,15-16H,7,12,18H2,1-6H3. The van der Waals surface area contributed by atoms with Crippen LogP contribution in [0, 0.1) is 12.3 Å². The van der Waals surface area contributed by atoms with Crippen LogP contribution in [0.2, 0.25) is 0 Å². The third-order valence-electron chi connectivity index (χ3n) is 3.46. The summed E-state index contributed by atoms with van der Waals surface area (Å²) in [5.41, 5.74) is 9.29. The molecule has 19 heavy (non-hydrogen) atoms. The van der Waals surface area contributed by atoms with Gasteiger partial charge in [0, 0.05) is 18.6 Å². The normalized spacial score (nSPS) is 15.6. The van der Waals surface area contributed by atoms with E-state index >= 15 is 0 Å². The van der Waals surface area contributed by atoms with Crippen LogP contribution in [0.5, 0.6) is 0 Å². The number of nitrogens with two attached hydrogens (primary N) is 1. The highest BCUT2D eigenvalue weighted by atomic mass is 15.2. The van der Waals surface area contributed by atoms with E-state index in [1.165, 1.54) is 11.1 Å². The van der Waals surface area contributed by atoms with Crippen molar-refractivity contribution in [2.45, 2.75) is 53.1 Å². The van der Waals surface area contributed by atoms with Gasteiger partial charge in [0.15, 0.2) is 0 Å². The highest BCUT2D eigenvalue weighted by molar-refractivity contribution is 5.26. The number of likely N-dealkylation sites (N-methyl/N-ethyl adjacent to an activating group) is 1. The number of hydrogen-bond acceptors (Lipinski definition) is 2. The average molecular weight is 262 g/mol. The smallest absolute Gasteiger partial charge is 0.0496 e. The van der Waals surface area contributed by atoms with E-state index < -0.39 is 0 Å². The van der Waals surface area contributed by atoms with Crippen molar-refractivity contribution in [3.05, 3.63) is 35.4 Å². The minimum Gasteiger partial charge on any atom is -0.326 e. The summed E-state index contributed by atoms with van der Waals surface area (Å²) < 4.78 is 0. The van der Waals surface area contributed by atoms with Gasteiger partial charge in [-0.05, 0) is 31.4 Å². The van der Waals surface area contributed by atoms with Crippen LogP contribution >= 0.6 is 0 Å². The topological polar surface area (TPSA) is 29.3 Å². The van der Waals surface area contributed by atoms with Gasteiger partial charge in [-0.1, -0.05) is 57.5 Å². The first-order valence-corrected chi connectivity index (χ1v) is 7.27. The van der Waals surface area contributed by atoms with Gasteiger partial charge in [-0.25, -0.2) is 0 Å². The van der Waals surface area contributed by atoms with Crippen LogP contribution < -0.4 is 5.73 Å². The van der Waals surface area contributed by atoms with E-state index in [1.807, 2.05) is 0 Å². The van der Waals surface area contributed by atoms with Crippen LogP contribution in [-0.4, -0.2) is 24.5 Å². The highest BCUT2D eigenvalue weighted by Crippen LogP contribution is 2.27. The van der Waals surface area contributed by atoms with Gasteiger partial charge < -0.3 is 5.73 Å². The van der Waals surface area contributed by atoms with Crippen molar-refractivity contribution in [3.8, 4) is 0 Å². The maximum atomic E-state index is 6.38. The van der Waals surface area contributed by atoms with Crippen LogP contribution in [0.1, 0.15) is 51.3 Å². The number of benzene rings is 1. The molecular formula is C17H30N2. The van der Waals surface area contributed by atoms with Gasteiger partial charge in [-0.2, -0.15) is 0 Å². The monoisotopic (exact) mass is 262 g/mol. The molecule has 0 radical (unpaired) electrons. The summed E-state index contributed by atoms with van der Waals surface area (Å²) in [6.45, 7) is 12.2. The summed E-state index contributed by atoms with van der Waals surface area (Å²) in [6.07, 6.45) is 0.993. The van der Waals surface area contributed by atoms with Crippen molar-refractivity contribution in [2.75, 3.05) is 13.6 Å². The number of hydrogen-bond donors (Lipinski definition) is 1. The Morgan fingerprint density at radius 1 is 1.26 bits per heavy atom. The Morgan fingerprint density at radius 3 is 2.37 bits per heavy atom. The Hall–Kier alpha value is -0.860. The fourth-order valence-electron chi connectivity index (χ4n) is 2.75. The van der Waals surface area contributed by atoms with E-state index in [2.05, 4.69) is 70.8 Å². The van der Waals surface area contributed by atoms with E-state index in [0.717, 1.165) is 13.0 Å². The molecule has 2 atom stereocenters. The van der Waals surface area contributed by atoms with E-state index in [1.54, 1.807) is 0 Å². The van der Waals surface area contributed by atoms with E-state index in [9.17, 15) is 0 Å². The summed E-state index contributed by atoms with van der Waals surface area (Å²) in [4.78, 5) is 2.41. The molecule has 1 aromatic rings. The molecule has 108 valence electrons. The van der Waals surface area contributed by atoms with Crippen LogP contribution in [0.3, 0.4) is 0 Å². The zero-order chi connectivity index (χ0) is 14.6. The summed E-state index contributed by atoms with van der Waals surface area (Å²) in [5.74, 6) is 0. The van der Waals surface area contributed by atoms with Crippen molar-refractivity contribution in [1.29, 1.82) is 0 Å². The second kappa shape index (κ2) is 6.53. The molecule has 2 unspecified atom stereocenters. The summed E-state index contributed by atoms with van der Waals surface area (Å²) in [5, 5.41) is 0. The molecule has 0 aliphatic heterocycles. The molecule has 0 saturated heterocycles. The molecule has 0 fully saturated rings. The van der Waals surface area contributed by atoms with E-state index in [-0.39, 0.29) is 11.5 Å². The van der Waals surface area contributed by atoms with Crippen molar-refractivity contribution in [3.63, 3.8) is 0 Å². The number of aryl methyl sites for hydroxylation is 1. The average Bonchev–Trinajstić information content (AvgIpc) is 2.26. The molecule has 2 nitrogen and oxygen atoms in total. The molecule has 2 N–H and O–H groups in total. The summed E-state index contributed by atoms with van der Waals surface area (Å²) in [7, 11) is 2.19. The van der Waals surface area contributed by atoms with Crippen molar-refractivity contribution < 1.29 is 0 Å².